The smallest absolute Gasteiger partial charge is 0.153 e. The highest BCUT2D eigenvalue weighted by atomic mass is 16.3. The fraction of sp³-hybridized carbons (Fsp3) is 0.364. The van der Waals surface area contributed by atoms with Crippen molar-refractivity contribution in [2.75, 3.05) is 19.3 Å². The summed E-state index contributed by atoms with van der Waals surface area (Å²) in [5.74, 6) is 0.428. The van der Waals surface area contributed by atoms with E-state index >= 15 is 0 Å². The first-order chi connectivity index (χ1) is 8.13. The molecule has 17 heavy (non-hydrogen) atoms. The molecule has 0 saturated heterocycles. The Balaban J connectivity index is 2.29. The molecule has 0 aliphatic carbocycles. The summed E-state index contributed by atoms with van der Waals surface area (Å²) in [6.45, 7) is 0.324. The van der Waals surface area contributed by atoms with Crippen LogP contribution in [0.25, 0.3) is 10.9 Å². The van der Waals surface area contributed by atoms with Crippen molar-refractivity contribution in [3.8, 4) is 0 Å². The third-order valence-electron chi connectivity index (χ3n) is 2.74. The number of benzene rings is 1. The number of hydrogen-bond acceptors (Lipinski definition) is 5. The van der Waals surface area contributed by atoms with Gasteiger partial charge in [-0.3, -0.25) is 5.10 Å². The van der Waals surface area contributed by atoms with Crippen LogP contribution in [0.1, 0.15) is 11.7 Å². The average molecular weight is 236 g/mol. The summed E-state index contributed by atoms with van der Waals surface area (Å²) in [6, 6.07) is 5.25. The SMILES string of the molecule is CNCC(O)C(O)c1ccc2c(N)n[nH]c2c1. The zero-order chi connectivity index (χ0) is 12.4. The second-order valence-corrected chi connectivity index (χ2v) is 3.98. The van der Waals surface area contributed by atoms with Crippen LogP contribution < -0.4 is 11.1 Å². The lowest BCUT2D eigenvalue weighted by Crippen LogP contribution is -2.29. The van der Waals surface area contributed by atoms with E-state index < -0.39 is 12.2 Å². The van der Waals surface area contributed by atoms with Crippen molar-refractivity contribution >= 4 is 16.7 Å². The Morgan fingerprint density at radius 3 is 2.94 bits per heavy atom. The number of H-pyrrole nitrogens is 1. The maximum atomic E-state index is 9.93. The summed E-state index contributed by atoms with van der Waals surface area (Å²) < 4.78 is 0. The number of rotatable bonds is 4. The molecule has 0 bridgehead atoms. The van der Waals surface area contributed by atoms with Crippen molar-refractivity contribution in [2.24, 2.45) is 0 Å². The summed E-state index contributed by atoms with van der Waals surface area (Å²) in [7, 11) is 1.72. The van der Waals surface area contributed by atoms with Gasteiger partial charge in [-0.05, 0) is 24.7 Å². The third-order valence-corrected chi connectivity index (χ3v) is 2.74. The molecule has 0 radical (unpaired) electrons. The lowest BCUT2D eigenvalue weighted by Gasteiger charge is -2.17. The Hall–Kier alpha value is -1.63. The Bertz CT molecular complexity index is 511. The van der Waals surface area contributed by atoms with Crippen LogP contribution in [0.5, 0.6) is 0 Å². The highest BCUT2D eigenvalue weighted by Gasteiger charge is 2.18. The monoisotopic (exact) mass is 236 g/mol. The summed E-state index contributed by atoms with van der Waals surface area (Å²) in [5.41, 5.74) is 7.02. The van der Waals surface area contributed by atoms with Gasteiger partial charge in [-0.2, -0.15) is 5.10 Å². The van der Waals surface area contributed by atoms with E-state index in [1.807, 2.05) is 0 Å². The van der Waals surface area contributed by atoms with Gasteiger partial charge in [0.15, 0.2) is 5.82 Å². The Labute approximate surface area is 98.4 Å². The molecule has 1 heterocycles. The molecule has 6 N–H and O–H groups in total. The fourth-order valence-electron chi connectivity index (χ4n) is 1.79. The van der Waals surface area contributed by atoms with E-state index in [0.717, 1.165) is 10.9 Å². The van der Waals surface area contributed by atoms with Crippen molar-refractivity contribution < 1.29 is 10.2 Å². The molecule has 0 saturated carbocycles. The zero-order valence-electron chi connectivity index (χ0n) is 9.51. The molecular formula is C11H16N4O2. The summed E-state index contributed by atoms with van der Waals surface area (Å²) >= 11 is 0. The van der Waals surface area contributed by atoms with Gasteiger partial charge in [-0.25, -0.2) is 0 Å². The molecule has 2 atom stereocenters. The molecular weight excluding hydrogens is 220 g/mol. The number of aromatic amines is 1. The van der Waals surface area contributed by atoms with Gasteiger partial charge < -0.3 is 21.3 Å². The predicted molar refractivity (Wildman–Crippen MR) is 65.4 cm³/mol. The average Bonchev–Trinajstić information content (AvgIpc) is 2.70. The number of fused-ring (bicyclic) bond motifs is 1. The molecule has 6 nitrogen and oxygen atoms in total. The number of nitrogen functional groups attached to an aromatic ring is 1. The minimum Gasteiger partial charge on any atom is -0.389 e. The van der Waals surface area contributed by atoms with Crippen molar-refractivity contribution in [3.63, 3.8) is 0 Å². The molecule has 1 aromatic heterocycles. The molecule has 0 spiro atoms. The number of likely N-dealkylation sites (N-methyl/N-ethyl adjacent to an activating group) is 1. The second kappa shape index (κ2) is 4.70. The molecule has 0 amide bonds. The number of anilines is 1. The number of aliphatic hydroxyl groups is 2. The van der Waals surface area contributed by atoms with E-state index in [9.17, 15) is 10.2 Å². The van der Waals surface area contributed by atoms with E-state index in [4.69, 9.17) is 5.73 Å². The topological polar surface area (TPSA) is 107 Å². The molecule has 0 aliphatic heterocycles. The second-order valence-electron chi connectivity index (χ2n) is 3.98. The van der Waals surface area contributed by atoms with E-state index in [1.54, 1.807) is 25.2 Å². The zero-order valence-corrected chi connectivity index (χ0v) is 9.51. The van der Waals surface area contributed by atoms with Crippen LogP contribution in [0.3, 0.4) is 0 Å². The van der Waals surface area contributed by atoms with Crippen molar-refractivity contribution in [1.29, 1.82) is 0 Å². The van der Waals surface area contributed by atoms with Gasteiger partial charge in [0.2, 0.25) is 0 Å². The molecule has 0 fully saturated rings. The largest absolute Gasteiger partial charge is 0.389 e. The van der Waals surface area contributed by atoms with Crippen LogP contribution in [-0.2, 0) is 0 Å². The first kappa shape index (κ1) is 11.8. The van der Waals surface area contributed by atoms with Crippen LogP contribution in [-0.4, -0.2) is 40.1 Å². The number of nitrogens with zero attached hydrogens (tertiary/aromatic N) is 1. The van der Waals surface area contributed by atoms with E-state index in [-0.39, 0.29) is 0 Å². The maximum absolute atomic E-state index is 9.93. The van der Waals surface area contributed by atoms with Crippen molar-refractivity contribution in [2.45, 2.75) is 12.2 Å². The maximum Gasteiger partial charge on any atom is 0.153 e. The Morgan fingerprint density at radius 2 is 2.24 bits per heavy atom. The van der Waals surface area contributed by atoms with Gasteiger partial charge in [0.05, 0.1) is 11.6 Å². The van der Waals surface area contributed by atoms with Crippen molar-refractivity contribution in [3.05, 3.63) is 23.8 Å². The lowest BCUT2D eigenvalue weighted by atomic mass is 10.0. The minimum atomic E-state index is -0.934. The first-order valence-corrected chi connectivity index (χ1v) is 5.37. The predicted octanol–water partition coefficient (Wildman–Crippen LogP) is -0.241. The number of nitrogens with two attached hydrogens (primary N) is 1. The quantitative estimate of drug-likeness (QED) is 0.503. The van der Waals surface area contributed by atoms with E-state index in [1.165, 1.54) is 0 Å². The Morgan fingerprint density at radius 1 is 1.47 bits per heavy atom. The first-order valence-electron chi connectivity index (χ1n) is 5.37. The van der Waals surface area contributed by atoms with Crippen LogP contribution >= 0.6 is 0 Å². The van der Waals surface area contributed by atoms with Gasteiger partial charge in [-0.1, -0.05) is 6.07 Å². The number of aromatic nitrogens is 2. The van der Waals surface area contributed by atoms with Crippen LogP contribution in [0.4, 0.5) is 5.82 Å². The van der Waals surface area contributed by atoms with E-state index in [2.05, 4.69) is 15.5 Å². The summed E-state index contributed by atoms with van der Waals surface area (Å²) in [6.07, 6.45) is -1.78. The highest BCUT2D eigenvalue weighted by Crippen LogP contribution is 2.23. The number of hydrogen-bond donors (Lipinski definition) is 5. The van der Waals surface area contributed by atoms with Gasteiger partial charge in [0.1, 0.15) is 6.10 Å². The van der Waals surface area contributed by atoms with Crippen LogP contribution in [0, 0.1) is 0 Å². The molecule has 2 rings (SSSR count). The van der Waals surface area contributed by atoms with Crippen LogP contribution in [0.15, 0.2) is 18.2 Å². The Kier molecular flexibility index (Phi) is 3.28. The molecule has 92 valence electrons. The van der Waals surface area contributed by atoms with Gasteiger partial charge >= 0.3 is 0 Å². The summed E-state index contributed by atoms with van der Waals surface area (Å²) in [4.78, 5) is 0. The third kappa shape index (κ3) is 2.23. The molecule has 1 aromatic carbocycles. The van der Waals surface area contributed by atoms with Crippen molar-refractivity contribution in [1.82, 2.24) is 15.5 Å². The fourth-order valence-corrected chi connectivity index (χ4v) is 1.79. The molecule has 2 aromatic rings. The number of aliphatic hydroxyl groups excluding tert-OH is 2. The number of nitrogens with one attached hydrogen (secondary N) is 2. The molecule has 6 heteroatoms. The summed E-state index contributed by atoms with van der Waals surface area (Å²) in [5, 5.41) is 29.9. The molecule has 2 unspecified atom stereocenters. The normalized spacial score (nSPS) is 15.0. The molecule has 0 aliphatic rings. The minimum absolute atomic E-state index is 0.324. The van der Waals surface area contributed by atoms with Gasteiger partial charge in [0, 0.05) is 11.9 Å². The van der Waals surface area contributed by atoms with Gasteiger partial charge in [0.25, 0.3) is 0 Å². The van der Waals surface area contributed by atoms with E-state index in [0.29, 0.717) is 17.9 Å². The lowest BCUT2D eigenvalue weighted by molar-refractivity contribution is 0.0203. The highest BCUT2D eigenvalue weighted by molar-refractivity contribution is 5.88. The van der Waals surface area contributed by atoms with Crippen LogP contribution in [0.2, 0.25) is 0 Å². The van der Waals surface area contributed by atoms with Gasteiger partial charge in [-0.15, -0.1) is 0 Å². The standard InChI is InChI=1S/C11H16N4O2/c1-13-5-9(16)10(17)6-2-3-7-8(4-6)14-15-11(7)12/h2-4,9-10,13,16-17H,5H2,1H3,(H3,12,14,15).